The average molecular weight is 433 g/mol. The van der Waals surface area contributed by atoms with E-state index in [1.807, 2.05) is 6.26 Å². The molecule has 7 nitrogen and oxygen atoms in total. The highest BCUT2D eigenvalue weighted by Gasteiger charge is 2.42. The molecule has 0 saturated heterocycles. The molecule has 0 aliphatic carbocycles. The second kappa shape index (κ2) is 8.38. The molecule has 29 heavy (non-hydrogen) atoms. The molecule has 0 spiro atoms. The Hall–Kier alpha value is -2.65. The fourth-order valence-corrected chi connectivity index (χ4v) is 4.20. The third-order valence-electron chi connectivity index (χ3n) is 4.59. The van der Waals surface area contributed by atoms with E-state index in [0.29, 0.717) is 17.9 Å². The smallest absolute Gasteiger partial charge is 0.262 e. The first-order valence-corrected chi connectivity index (χ1v) is 12.1. The maximum Gasteiger partial charge on any atom is 0.262 e. The zero-order chi connectivity index (χ0) is 21.2. The summed E-state index contributed by atoms with van der Waals surface area (Å²) < 4.78 is 23.2. The van der Waals surface area contributed by atoms with Crippen molar-refractivity contribution >= 4 is 45.0 Å². The Morgan fingerprint density at radius 2 is 1.59 bits per heavy atom. The largest absolute Gasteiger partial charge is 0.324 e. The van der Waals surface area contributed by atoms with Crippen LogP contribution >= 0.6 is 11.8 Å². The maximum atomic E-state index is 12.9. The molecule has 1 aliphatic rings. The summed E-state index contributed by atoms with van der Waals surface area (Å²) >= 11 is 1.51. The Kier molecular flexibility index (Phi) is 6.09. The Morgan fingerprint density at radius 1 is 1.03 bits per heavy atom. The van der Waals surface area contributed by atoms with Crippen LogP contribution in [0.5, 0.6) is 0 Å². The number of rotatable bonds is 7. The van der Waals surface area contributed by atoms with Gasteiger partial charge < -0.3 is 5.32 Å². The van der Waals surface area contributed by atoms with Crippen LogP contribution in [0.4, 0.5) is 5.69 Å². The summed E-state index contributed by atoms with van der Waals surface area (Å²) in [5, 5.41) is 2.69. The molecule has 1 heterocycles. The Labute approximate surface area is 173 Å². The normalized spacial score (nSPS) is 14.6. The lowest BCUT2D eigenvalue weighted by atomic mass is 10.1. The molecular weight excluding hydrogens is 412 g/mol. The molecule has 1 N–H and O–H groups in total. The van der Waals surface area contributed by atoms with E-state index in [9.17, 15) is 22.8 Å². The lowest BCUT2D eigenvalue weighted by Gasteiger charge is -2.25. The van der Waals surface area contributed by atoms with Crippen LogP contribution in [0.3, 0.4) is 0 Å². The van der Waals surface area contributed by atoms with Crippen molar-refractivity contribution in [3.63, 3.8) is 0 Å². The average Bonchev–Trinajstić information content (AvgIpc) is 2.93. The molecule has 3 rings (SSSR count). The van der Waals surface area contributed by atoms with E-state index in [2.05, 4.69) is 5.32 Å². The van der Waals surface area contributed by atoms with Crippen molar-refractivity contribution in [3.8, 4) is 0 Å². The fourth-order valence-electron chi connectivity index (χ4n) is 3.11. The van der Waals surface area contributed by atoms with Crippen LogP contribution in [0.2, 0.25) is 0 Å². The van der Waals surface area contributed by atoms with Gasteiger partial charge in [0, 0.05) is 11.9 Å². The highest BCUT2D eigenvalue weighted by Crippen LogP contribution is 2.27. The van der Waals surface area contributed by atoms with Crippen LogP contribution in [-0.4, -0.2) is 55.3 Å². The summed E-state index contributed by atoms with van der Waals surface area (Å²) in [5.74, 6) is -0.891. The van der Waals surface area contributed by atoms with Gasteiger partial charge in [-0.15, -0.1) is 0 Å². The standard InChI is InChI=1S/C20H20N2O5S2/c1-28-12-11-17(22-19(24)15-5-3-4-6-16(15)20(22)25)18(23)21-13-7-9-14(10-8-13)29(2,26)27/h3-10,17H,11-12H2,1-2H3,(H,21,23). The lowest BCUT2D eigenvalue weighted by molar-refractivity contribution is -0.120. The zero-order valence-electron chi connectivity index (χ0n) is 15.9. The van der Waals surface area contributed by atoms with Crippen molar-refractivity contribution in [1.29, 1.82) is 0 Å². The number of hydrogen-bond acceptors (Lipinski definition) is 6. The van der Waals surface area contributed by atoms with E-state index in [-0.39, 0.29) is 16.0 Å². The Bertz CT molecular complexity index is 1030. The first kappa shape index (κ1) is 21.1. The minimum absolute atomic E-state index is 0.134. The maximum absolute atomic E-state index is 12.9. The van der Waals surface area contributed by atoms with E-state index in [1.165, 1.54) is 36.0 Å². The number of benzene rings is 2. The van der Waals surface area contributed by atoms with Crippen molar-refractivity contribution in [2.45, 2.75) is 17.4 Å². The highest BCUT2D eigenvalue weighted by atomic mass is 32.2. The van der Waals surface area contributed by atoms with E-state index in [4.69, 9.17) is 0 Å². The lowest BCUT2D eigenvalue weighted by Crippen LogP contribution is -2.47. The third-order valence-corrected chi connectivity index (χ3v) is 6.36. The van der Waals surface area contributed by atoms with Crippen molar-refractivity contribution in [3.05, 3.63) is 59.7 Å². The SMILES string of the molecule is CSCCC(C(=O)Nc1ccc(S(C)(=O)=O)cc1)N1C(=O)c2ccccc2C1=O. The van der Waals surface area contributed by atoms with E-state index in [0.717, 1.165) is 11.2 Å². The first-order chi connectivity index (χ1) is 13.7. The van der Waals surface area contributed by atoms with Crippen molar-refractivity contribution in [2.75, 3.05) is 23.6 Å². The minimum Gasteiger partial charge on any atom is -0.324 e. The van der Waals surface area contributed by atoms with Gasteiger partial charge in [0.15, 0.2) is 9.84 Å². The summed E-state index contributed by atoms with van der Waals surface area (Å²) in [6.45, 7) is 0. The van der Waals surface area contributed by atoms with Gasteiger partial charge in [-0.3, -0.25) is 19.3 Å². The molecular formula is C20H20N2O5S2. The number of nitrogens with zero attached hydrogens (tertiary/aromatic N) is 1. The van der Waals surface area contributed by atoms with Gasteiger partial charge in [0.2, 0.25) is 5.91 Å². The molecule has 1 unspecified atom stereocenters. The number of carbonyl (C=O) groups is 3. The fraction of sp³-hybridized carbons (Fsp3) is 0.250. The number of fused-ring (bicyclic) bond motifs is 1. The number of imide groups is 1. The van der Waals surface area contributed by atoms with E-state index < -0.39 is 33.6 Å². The number of nitrogens with one attached hydrogen (secondary N) is 1. The number of carbonyl (C=O) groups excluding carboxylic acids is 3. The molecule has 3 amide bonds. The predicted octanol–water partition coefficient (Wildman–Crippen LogP) is 2.45. The van der Waals surface area contributed by atoms with Gasteiger partial charge in [-0.1, -0.05) is 12.1 Å². The van der Waals surface area contributed by atoms with Gasteiger partial charge in [-0.2, -0.15) is 11.8 Å². The van der Waals surface area contributed by atoms with Crippen molar-refractivity contribution < 1.29 is 22.8 Å². The highest BCUT2D eigenvalue weighted by molar-refractivity contribution is 7.98. The van der Waals surface area contributed by atoms with Crippen LogP contribution in [0.1, 0.15) is 27.1 Å². The molecule has 0 saturated carbocycles. The number of sulfone groups is 1. The predicted molar refractivity (Wildman–Crippen MR) is 112 cm³/mol. The molecule has 0 radical (unpaired) electrons. The molecule has 0 aromatic heterocycles. The molecule has 152 valence electrons. The second-order valence-electron chi connectivity index (χ2n) is 6.61. The summed E-state index contributed by atoms with van der Waals surface area (Å²) in [6.07, 6.45) is 3.28. The molecule has 1 aliphatic heterocycles. The van der Waals surface area contributed by atoms with Gasteiger partial charge in [0.1, 0.15) is 6.04 Å². The molecule has 2 aromatic carbocycles. The van der Waals surface area contributed by atoms with Gasteiger partial charge in [-0.05, 0) is 54.8 Å². The number of anilines is 1. The summed E-state index contributed by atoms with van der Waals surface area (Å²) in [5.41, 5.74) is 0.960. The van der Waals surface area contributed by atoms with E-state index >= 15 is 0 Å². The number of amides is 3. The third kappa shape index (κ3) is 4.35. The van der Waals surface area contributed by atoms with E-state index in [1.54, 1.807) is 24.3 Å². The quantitative estimate of drug-likeness (QED) is 0.675. The minimum atomic E-state index is -3.35. The van der Waals surface area contributed by atoms with Crippen LogP contribution in [0.15, 0.2) is 53.4 Å². The number of hydrogen-bond donors (Lipinski definition) is 1. The summed E-state index contributed by atoms with van der Waals surface area (Å²) in [4.78, 5) is 39.6. The Morgan fingerprint density at radius 3 is 2.07 bits per heavy atom. The zero-order valence-corrected chi connectivity index (χ0v) is 17.5. The Balaban J connectivity index is 1.85. The molecule has 0 bridgehead atoms. The summed E-state index contributed by atoms with van der Waals surface area (Å²) in [6, 6.07) is 11.3. The van der Waals surface area contributed by atoms with Gasteiger partial charge in [0.25, 0.3) is 11.8 Å². The molecule has 2 aromatic rings. The van der Waals surface area contributed by atoms with Gasteiger partial charge in [0.05, 0.1) is 16.0 Å². The monoisotopic (exact) mass is 432 g/mol. The van der Waals surface area contributed by atoms with Crippen LogP contribution in [0.25, 0.3) is 0 Å². The van der Waals surface area contributed by atoms with Crippen LogP contribution in [-0.2, 0) is 14.6 Å². The molecule has 1 atom stereocenters. The molecule has 0 fully saturated rings. The number of thioether (sulfide) groups is 1. The van der Waals surface area contributed by atoms with Crippen LogP contribution in [0, 0.1) is 0 Å². The second-order valence-corrected chi connectivity index (χ2v) is 9.61. The van der Waals surface area contributed by atoms with Crippen LogP contribution < -0.4 is 5.32 Å². The molecule has 9 heteroatoms. The van der Waals surface area contributed by atoms with Gasteiger partial charge >= 0.3 is 0 Å². The van der Waals surface area contributed by atoms with Crippen molar-refractivity contribution in [1.82, 2.24) is 4.90 Å². The van der Waals surface area contributed by atoms with Crippen molar-refractivity contribution in [2.24, 2.45) is 0 Å². The topological polar surface area (TPSA) is 101 Å². The first-order valence-electron chi connectivity index (χ1n) is 8.81. The summed E-state index contributed by atoms with van der Waals surface area (Å²) in [7, 11) is -3.35. The van der Waals surface area contributed by atoms with Gasteiger partial charge in [-0.25, -0.2) is 8.42 Å².